The predicted molar refractivity (Wildman–Crippen MR) is 81.0 cm³/mol. The number of rotatable bonds is 2. The molecule has 1 unspecified atom stereocenters. The smallest absolute Gasteiger partial charge is 0.314 e. The van der Waals surface area contributed by atoms with Crippen LogP contribution in [0.3, 0.4) is 0 Å². The van der Waals surface area contributed by atoms with Crippen LogP contribution in [0.2, 0.25) is 0 Å². The number of nitrogens with zero attached hydrogens (tertiary/aromatic N) is 3. The molecule has 8 nitrogen and oxygen atoms in total. The van der Waals surface area contributed by atoms with Gasteiger partial charge in [0.25, 0.3) is 5.91 Å². The Morgan fingerprint density at radius 2 is 2.14 bits per heavy atom. The van der Waals surface area contributed by atoms with Gasteiger partial charge in [0.05, 0.1) is 5.52 Å². The molecule has 1 aliphatic rings. The van der Waals surface area contributed by atoms with Crippen LogP contribution >= 0.6 is 0 Å². The number of nitrogens with two attached hydrogens (primary N) is 2. The average molecular weight is 300 g/mol. The third-order valence-corrected chi connectivity index (χ3v) is 3.76. The largest absolute Gasteiger partial charge is 0.383 e. The second-order valence-corrected chi connectivity index (χ2v) is 5.23. The van der Waals surface area contributed by atoms with E-state index in [1.165, 1.54) is 11.2 Å². The van der Waals surface area contributed by atoms with Gasteiger partial charge < -0.3 is 21.7 Å². The van der Waals surface area contributed by atoms with Gasteiger partial charge in [0.15, 0.2) is 0 Å². The topological polar surface area (TPSA) is 127 Å². The number of fused-ring (bicyclic) bond motifs is 1. The number of hydrogen-bond donors (Lipinski definition) is 3. The number of benzene rings is 1. The fourth-order valence-electron chi connectivity index (χ4n) is 2.57. The van der Waals surface area contributed by atoms with E-state index in [1.807, 2.05) is 0 Å². The quantitative estimate of drug-likeness (QED) is 0.724. The molecule has 3 amide bonds. The second-order valence-electron chi connectivity index (χ2n) is 5.23. The van der Waals surface area contributed by atoms with Crippen LogP contribution in [-0.2, 0) is 0 Å². The fraction of sp³-hybridized carbons (Fsp3) is 0.286. The third-order valence-electron chi connectivity index (χ3n) is 3.76. The lowest BCUT2D eigenvalue weighted by Crippen LogP contribution is -2.40. The van der Waals surface area contributed by atoms with Crippen LogP contribution in [0.1, 0.15) is 16.8 Å². The number of carbonyl (C=O) groups is 2. The fourth-order valence-corrected chi connectivity index (χ4v) is 2.57. The van der Waals surface area contributed by atoms with Crippen molar-refractivity contribution in [3.8, 4) is 0 Å². The molecule has 5 N–H and O–H groups in total. The van der Waals surface area contributed by atoms with Crippen LogP contribution in [0.25, 0.3) is 10.9 Å². The number of nitrogen functional groups attached to an aromatic ring is 1. The molecule has 1 atom stereocenters. The molecular weight excluding hydrogens is 284 g/mol. The summed E-state index contributed by atoms with van der Waals surface area (Å²) in [6.45, 7) is 0.992. The van der Waals surface area contributed by atoms with Crippen molar-refractivity contribution in [2.75, 3.05) is 18.8 Å². The van der Waals surface area contributed by atoms with Gasteiger partial charge in [0, 0.05) is 30.1 Å². The SMILES string of the molecule is NC(=O)N1CCC(NC(=O)c2ccc3c(N)ncnc3c2)C1. The number of nitrogens with one attached hydrogen (secondary N) is 1. The lowest BCUT2D eigenvalue weighted by molar-refractivity contribution is 0.0938. The van der Waals surface area contributed by atoms with Gasteiger partial charge in [-0.2, -0.15) is 0 Å². The van der Waals surface area contributed by atoms with Gasteiger partial charge >= 0.3 is 6.03 Å². The molecule has 0 spiro atoms. The summed E-state index contributed by atoms with van der Waals surface area (Å²) in [6, 6.07) is 4.52. The van der Waals surface area contributed by atoms with E-state index in [4.69, 9.17) is 11.5 Å². The predicted octanol–water partition coefficient (Wildman–Crippen LogP) is 0.0948. The number of anilines is 1. The zero-order valence-electron chi connectivity index (χ0n) is 11.8. The van der Waals surface area contributed by atoms with E-state index in [0.717, 1.165) is 0 Å². The van der Waals surface area contributed by atoms with Crippen LogP contribution in [0, 0.1) is 0 Å². The molecule has 114 valence electrons. The number of amides is 3. The summed E-state index contributed by atoms with van der Waals surface area (Å²) >= 11 is 0. The zero-order chi connectivity index (χ0) is 15.7. The summed E-state index contributed by atoms with van der Waals surface area (Å²) < 4.78 is 0. The van der Waals surface area contributed by atoms with Crippen molar-refractivity contribution in [2.45, 2.75) is 12.5 Å². The Balaban J connectivity index is 1.74. The van der Waals surface area contributed by atoms with Crippen molar-refractivity contribution in [1.29, 1.82) is 0 Å². The Hall–Kier alpha value is -2.90. The van der Waals surface area contributed by atoms with E-state index >= 15 is 0 Å². The Bertz CT molecular complexity index is 747. The maximum atomic E-state index is 12.3. The molecule has 0 aliphatic carbocycles. The number of urea groups is 1. The van der Waals surface area contributed by atoms with E-state index in [-0.39, 0.29) is 11.9 Å². The van der Waals surface area contributed by atoms with Gasteiger partial charge in [0.1, 0.15) is 12.1 Å². The van der Waals surface area contributed by atoms with Crippen molar-refractivity contribution >= 4 is 28.7 Å². The maximum absolute atomic E-state index is 12.3. The average Bonchev–Trinajstić information content (AvgIpc) is 2.96. The Labute approximate surface area is 126 Å². The van der Waals surface area contributed by atoms with Crippen LogP contribution in [0.4, 0.5) is 10.6 Å². The molecule has 2 aromatic rings. The first-order valence-corrected chi connectivity index (χ1v) is 6.90. The van der Waals surface area contributed by atoms with Crippen LogP contribution in [0.15, 0.2) is 24.5 Å². The van der Waals surface area contributed by atoms with Gasteiger partial charge in [-0.15, -0.1) is 0 Å². The maximum Gasteiger partial charge on any atom is 0.314 e. The minimum Gasteiger partial charge on any atom is -0.383 e. The standard InChI is InChI=1S/C14H16N6O2/c15-12-10-2-1-8(5-11(10)17-7-18-12)13(21)19-9-3-4-20(6-9)14(16)22/h1-2,5,7,9H,3-4,6H2,(H2,16,22)(H,19,21)(H2,15,17,18). The van der Waals surface area contributed by atoms with E-state index in [9.17, 15) is 9.59 Å². The molecule has 22 heavy (non-hydrogen) atoms. The lowest BCUT2D eigenvalue weighted by atomic mass is 10.1. The summed E-state index contributed by atoms with van der Waals surface area (Å²) in [6.07, 6.45) is 2.05. The van der Waals surface area contributed by atoms with Gasteiger partial charge in [-0.25, -0.2) is 14.8 Å². The second kappa shape index (κ2) is 5.47. The summed E-state index contributed by atoms with van der Waals surface area (Å²) in [5.41, 5.74) is 12.1. The highest BCUT2D eigenvalue weighted by atomic mass is 16.2. The molecule has 1 aromatic heterocycles. The first-order valence-electron chi connectivity index (χ1n) is 6.90. The molecule has 8 heteroatoms. The minimum atomic E-state index is -0.463. The zero-order valence-corrected chi connectivity index (χ0v) is 11.8. The van der Waals surface area contributed by atoms with Crippen LogP contribution < -0.4 is 16.8 Å². The number of aromatic nitrogens is 2. The van der Waals surface area contributed by atoms with Crippen LogP contribution in [-0.4, -0.2) is 45.9 Å². The Morgan fingerprint density at radius 3 is 2.86 bits per heavy atom. The van der Waals surface area contributed by atoms with Crippen molar-refractivity contribution in [3.63, 3.8) is 0 Å². The van der Waals surface area contributed by atoms with E-state index in [2.05, 4.69) is 15.3 Å². The minimum absolute atomic E-state index is 0.0915. The molecule has 0 bridgehead atoms. The van der Waals surface area contributed by atoms with Crippen molar-refractivity contribution in [1.82, 2.24) is 20.2 Å². The molecule has 3 rings (SSSR count). The van der Waals surface area contributed by atoms with E-state index in [1.54, 1.807) is 18.2 Å². The van der Waals surface area contributed by atoms with Gasteiger partial charge in [0.2, 0.25) is 0 Å². The van der Waals surface area contributed by atoms with E-state index in [0.29, 0.717) is 41.8 Å². The van der Waals surface area contributed by atoms with Gasteiger partial charge in [-0.3, -0.25) is 4.79 Å². The molecule has 2 heterocycles. The van der Waals surface area contributed by atoms with Gasteiger partial charge in [-0.05, 0) is 24.6 Å². The summed E-state index contributed by atoms with van der Waals surface area (Å²) in [5.74, 6) is 0.167. The monoisotopic (exact) mass is 300 g/mol. The van der Waals surface area contributed by atoms with Crippen molar-refractivity contribution < 1.29 is 9.59 Å². The molecule has 1 aromatic carbocycles. The highest BCUT2D eigenvalue weighted by Crippen LogP contribution is 2.18. The van der Waals surface area contributed by atoms with Gasteiger partial charge in [-0.1, -0.05) is 0 Å². The molecule has 0 saturated carbocycles. The highest BCUT2D eigenvalue weighted by molar-refractivity contribution is 5.99. The molecule has 1 aliphatic heterocycles. The molecule has 0 radical (unpaired) electrons. The Morgan fingerprint density at radius 1 is 1.32 bits per heavy atom. The third kappa shape index (κ3) is 2.62. The summed E-state index contributed by atoms with van der Waals surface area (Å²) in [7, 11) is 0. The number of likely N-dealkylation sites (tertiary alicyclic amines) is 1. The Kier molecular flexibility index (Phi) is 3.50. The summed E-state index contributed by atoms with van der Waals surface area (Å²) in [5, 5.41) is 3.60. The van der Waals surface area contributed by atoms with Crippen molar-refractivity contribution in [2.24, 2.45) is 5.73 Å². The van der Waals surface area contributed by atoms with Crippen molar-refractivity contribution in [3.05, 3.63) is 30.1 Å². The number of primary amides is 1. The number of carbonyl (C=O) groups excluding carboxylic acids is 2. The molecule has 1 fully saturated rings. The normalized spacial score (nSPS) is 17.6. The molecule has 1 saturated heterocycles. The summed E-state index contributed by atoms with van der Waals surface area (Å²) in [4.78, 5) is 32.9. The van der Waals surface area contributed by atoms with Crippen LogP contribution in [0.5, 0.6) is 0 Å². The van der Waals surface area contributed by atoms with E-state index < -0.39 is 6.03 Å². The lowest BCUT2D eigenvalue weighted by Gasteiger charge is -2.14. The first-order chi connectivity index (χ1) is 10.5. The molecular formula is C14H16N6O2. The highest BCUT2D eigenvalue weighted by Gasteiger charge is 2.26. The first kappa shape index (κ1) is 14.1. The number of hydrogen-bond acceptors (Lipinski definition) is 5.